The van der Waals surface area contributed by atoms with Crippen LogP contribution in [-0.2, 0) is 7.05 Å². The molecule has 1 aliphatic heterocycles. The van der Waals surface area contributed by atoms with Crippen LogP contribution in [0.2, 0.25) is 0 Å². The van der Waals surface area contributed by atoms with Crippen molar-refractivity contribution in [1.82, 2.24) is 19.4 Å². The van der Waals surface area contributed by atoms with Crippen molar-refractivity contribution in [3.05, 3.63) is 71.7 Å². The van der Waals surface area contributed by atoms with Crippen LogP contribution in [0.1, 0.15) is 18.5 Å². The zero-order valence-electron chi connectivity index (χ0n) is 18.8. The number of halogens is 4. The number of amides is 2. The first kappa shape index (κ1) is 22.6. The molecule has 4 aromatic rings. The maximum Gasteiger partial charge on any atom is 0.325 e. The number of rotatable bonds is 4. The van der Waals surface area contributed by atoms with Crippen LogP contribution in [-0.4, -0.2) is 38.6 Å². The third kappa shape index (κ3) is 3.54. The molecule has 1 aliphatic rings. The van der Waals surface area contributed by atoms with E-state index in [0.29, 0.717) is 22.7 Å². The molecule has 35 heavy (non-hydrogen) atoms. The van der Waals surface area contributed by atoms with E-state index in [1.807, 2.05) is 0 Å². The molecule has 2 aromatic heterocycles. The number of nitrogens with two attached hydrogens (primary N) is 1. The number of carbonyl (C=O) groups is 1. The Morgan fingerprint density at radius 3 is 2.46 bits per heavy atom. The molecule has 1 saturated heterocycles. The van der Waals surface area contributed by atoms with Gasteiger partial charge in [-0.2, -0.15) is 0 Å². The number of likely N-dealkylation sites (N-methyl/N-ethyl adjacent to an activating group) is 1. The quantitative estimate of drug-likeness (QED) is 0.334. The van der Waals surface area contributed by atoms with Gasteiger partial charge in [0.2, 0.25) is 0 Å². The number of fused-ring (bicyclic) bond motifs is 1. The number of benzene rings is 2. The molecule has 2 N–H and O–H groups in total. The van der Waals surface area contributed by atoms with E-state index in [9.17, 15) is 18.0 Å². The molecule has 7 nitrogen and oxygen atoms in total. The summed E-state index contributed by atoms with van der Waals surface area (Å²) in [6.45, 7) is 1.81. The minimum Gasteiger partial charge on any atom is -0.383 e. The molecule has 3 heterocycles. The van der Waals surface area contributed by atoms with Crippen molar-refractivity contribution in [2.24, 2.45) is 7.05 Å². The van der Waals surface area contributed by atoms with Crippen LogP contribution in [0, 0.1) is 23.3 Å². The van der Waals surface area contributed by atoms with Crippen LogP contribution in [0.15, 0.2) is 42.9 Å². The lowest BCUT2D eigenvalue weighted by Crippen LogP contribution is -2.32. The number of urea groups is 1. The van der Waals surface area contributed by atoms with E-state index in [2.05, 4.69) is 9.97 Å². The van der Waals surface area contributed by atoms with E-state index < -0.39 is 35.3 Å². The number of nitrogens with zero attached hydrogens (tertiary/aromatic N) is 5. The van der Waals surface area contributed by atoms with Crippen molar-refractivity contribution in [3.63, 3.8) is 0 Å². The highest BCUT2D eigenvalue weighted by molar-refractivity contribution is 6.01. The van der Waals surface area contributed by atoms with Crippen LogP contribution in [0.4, 0.5) is 33.9 Å². The largest absolute Gasteiger partial charge is 0.383 e. The minimum absolute atomic E-state index is 0.0670. The Morgan fingerprint density at radius 2 is 1.74 bits per heavy atom. The van der Waals surface area contributed by atoms with Crippen molar-refractivity contribution in [3.8, 4) is 11.1 Å². The van der Waals surface area contributed by atoms with Crippen molar-refractivity contribution in [1.29, 1.82) is 0 Å². The number of aryl methyl sites for hydroxylation is 1. The maximum atomic E-state index is 15.4. The van der Waals surface area contributed by atoms with Gasteiger partial charge in [0.05, 0.1) is 18.0 Å². The summed E-state index contributed by atoms with van der Waals surface area (Å²) in [4.78, 5) is 23.9. The summed E-state index contributed by atoms with van der Waals surface area (Å²) in [5, 5.41) is 0.505. The Labute approximate surface area is 197 Å². The number of hydrogen-bond acceptors (Lipinski definition) is 4. The van der Waals surface area contributed by atoms with Crippen LogP contribution < -0.4 is 10.6 Å². The third-order valence-corrected chi connectivity index (χ3v) is 6.28. The lowest BCUT2D eigenvalue weighted by molar-refractivity contribution is 0.208. The Bertz CT molecular complexity index is 1490. The number of hydrogen-bond donors (Lipinski definition) is 1. The average Bonchev–Trinajstić information content (AvgIpc) is 3.33. The van der Waals surface area contributed by atoms with Crippen molar-refractivity contribution < 1.29 is 22.4 Å². The topological polar surface area (TPSA) is 80.3 Å². The number of anilines is 2. The van der Waals surface area contributed by atoms with E-state index >= 15 is 4.39 Å². The molecule has 0 aliphatic carbocycles. The molecular formula is C24H20F4N6O. The predicted octanol–water partition coefficient (Wildman–Crippen LogP) is 4.78. The van der Waals surface area contributed by atoms with Gasteiger partial charge < -0.3 is 15.2 Å². The fraction of sp³-hybridized carbons (Fsp3) is 0.208. The highest BCUT2D eigenvalue weighted by Crippen LogP contribution is 2.38. The van der Waals surface area contributed by atoms with Crippen LogP contribution >= 0.6 is 0 Å². The van der Waals surface area contributed by atoms with Gasteiger partial charge in [-0.3, -0.25) is 4.90 Å². The second-order valence-corrected chi connectivity index (χ2v) is 8.26. The van der Waals surface area contributed by atoms with Gasteiger partial charge in [-0.05, 0) is 31.2 Å². The summed E-state index contributed by atoms with van der Waals surface area (Å²) in [6, 6.07) is 4.11. The van der Waals surface area contributed by atoms with Gasteiger partial charge in [-0.25, -0.2) is 32.3 Å². The van der Waals surface area contributed by atoms with E-state index in [0.717, 1.165) is 6.07 Å². The van der Waals surface area contributed by atoms with Gasteiger partial charge in [-0.15, -0.1) is 0 Å². The van der Waals surface area contributed by atoms with Gasteiger partial charge >= 0.3 is 6.03 Å². The van der Waals surface area contributed by atoms with Crippen molar-refractivity contribution >= 4 is 28.6 Å². The van der Waals surface area contributed by atoms with Crippen LogP contribution in [0.5, 0.6) is 0 Å². The molecule has 0 radical (unpaired) electrons. The molecule has 1 unspecified atom stereocenters. The zero-order chi connectivity index (χ0) is 25.0. The normalized spacial score (nSPS) is 16.1. The fourth-order valence-corrected chi connectivity index (χ4v) is 4.60. The summed E-state index contributed by atoms with van der Waals surface area (Å²) >= 11 is 0. The summed E-state index contributed by atoms with van der Waals surface area (Å²) in [5.74, 6) is -3.89. The van der Waals surface area contributed by atoms with Gasteiger partial charge in [0.15, 0.2) is 11.6 Å². The monoisotopic (exact) mass is 484 g/mol. The molecule has 1 atom stereocenters. The fourth-order valence-electron chi connectivity index (χ4n) is 4.60. The molecular weight excluding hydrogens is 464 g/mol. The first-order valence-corrected chi connectivity index (χ1v) is 10.8. The van der Waals surface area contributed by atoms with E-state index in [1.165, 1.54) is 28.3 Å². The summed E-state index contributed by atoms with van der Waals surface area (Å²) in [7, 11) is 1.75. The molecule has 180 valence electrons. The smallest absolute Gasteiger partial charge is 0.325 e. The molecule has 2 amide bonds. The zero-order valence-corrected chi connectivity index (χ0v) is 18.8. The molecule has 1 fully saturated rings. The van der Waals surface area contributed by atoms with E-state index in [1.54, 1.807) is 30.8 Å². The predicted molar refractivity (Wildman–Crippen MR) is 122 cm³/mol. The molecule has 0 bridgehead atoms. The first-order valence-electron chi connectivity index (χ1n) is 10.8. The van der Waals surface area contributed by atoms with E-state index in [-0.39, 0.29) is 35.7 Å². The summed E-state index contributed by atoms with van der Waals surface area (Å²) in [5.41, 5.74) is 7.38. The summed E-state index contributed by atoms with van der Waals surface area (Å²) in [6.07, 6.45) is 3.01. The second-order valence-electron chi connectivity index (χ2n) is 8.26. The second kappa shape index (κ2) is 8.26. The van der Waals surface area contributed by atoms with Crippen molar-refractivity contribution in [2.45, 2.75) is 13.0 Å². The highest BCUT2D eigenvalue weighted by atomic mass is 19.2. The lowest BCUT2D eigenvalue weighted by Gasteiger charge is -2.22. The van der Waals surface area contributed by atoms with Crippen LogP contribution in [0.3, 0.4) is 0 Å². The minimum atomic E-state index is -1.31. The van der Waals surface area contributed by atoms with Gasteiger partial charge in [0.25, 0.3) is 0 Å². The van der Waals surface area contributed by atoms with Gasteiger partial charge in [-0.1, -0.05) is 0 Å². The average molecular weight is 484 g/mol. The number of nitrogen functional groups attached to an aromatic ring is 1. The maximum absolute atomic E-state index is 15.4. The van der Waals surface area contributed by atoms with Crippen molar-refractivity contribution in [2.75, 3.05) is 23.7 Å². The van der Waals surface area contributed by atoms with Crippen LogP contribution in [0.25, 0.3) is 22.2 Å². The standard InChI is InChI=1S/C24H20F4N6O/c1-3-33-20(14-7-18(27)19(28)8-17(14)26)10-34(24(33)35)12-4-5-13(16(25)6-12)15-9-32(2)23-21(15)22(29)30-11-31-23/h4-9,11,20H,3,10H2,1-2H3,(H2,29,30,31). The summed E-state index contributed by atoms with van der Waals surface area (Å²) < 4.78 is 58.8. The lowest BCUT2D eigenvalue weighted by atomic mass is 10.0. The Kier molecular flexibility index (Phi) is 5.34. The highest BCUT2D eigenvalue weighted by Gasteiger charge is 2.39. The Balaban J connectivity index is 1.53. The molecule has 11 heteroatoms. The van der Waals surface area contributed by atoms with Gasteiger partial charge in [0, 0.05) is 48.2 Å². The number of aromatic nitrogens is 3. The van der Waals surface area contributed by atoms with E-state index in [4.69, 9.17) is 5.73 Å². The SMILES string of the molecule is CCN1C(=O)N(c2ccc(-c3cn(C)c4ncnc(N)c34)c(F)c2)CC1c1cc(F)c(F)cc1F. The molecule has 5 rings (SSSR count). The molecule has 0 saturated carbocycles. The van der Waals surface area contributed by atoms with Gasteiger partial charge in [0.1, 0.15) is 29.4 Å². The Hall–Kier alpha value is -4.15. The molecule has 2 aromatic carbocycles. The number of carbonyl (C=O) groups excluding carboxylic acids is 1. The molecule has 0 spiro atoms. The Morgan fingerprint density at radius 1 is 1.00 bits per heavy atom. The third-order valence-electron chi connectivity index (χ3n) is 6.28. The first-order chi connectivity index (χ1) is 16.7.